The maximum Gasteiger partial charge on any atom is 0.267 e. The van der Waals surface area contributed by atoms with E-state index >= 15 is 0 Å². The van der Waals surface area contributed by atoms with Crippen LogP contribution in [0.15, 0.2) is 55.0 Å². The zero-order valence-corrected chi connectivity index (χ0v) is 17.6. The van der Waals surface area contributed by atoms with Crippen molar-refractivity contribution >= 4 is 57.3 Å². The van der Waals surface area contributed by atoms with E-state index in [1.165, 1.54) is 6.33 Å². The Morgan fingerprint density at radius 3 is 2.77 bits per heavy atom. The Morgan fingerprint density at radius 1 is 1.03 bits per heavy atom. The number of hydrogen-bond donors (Lipinski definition) is 0. The van der Waals surface area contributed by atoms with Gasteiger partial charge in [0.2, 0.25) is 5.88 Å². The molecule has 3 heterocycles. The number of fused-ring (bicyclic) bond motifs is 2. The largest absolute Gasteiger partial charge is 0.475 e. The van der Waals surface area contributed by atoms with E-state index < -0.39 is 0 Å². The monoisotopic (exact) mass is 458 g/mol. The molecule has 4 aromatic rings. The van der Waals surface area contributed by atoms with Crippen molar-refractivity contribution < 1.29 is 9.53 Å². The summed E-state index contributed by atoms with van der Waals surface area (Å²) in [5, 5.41) is 1.98. The fourth-order valence-electron chi connectivity index (χ4n) is 3.54. The number of rotatable bonds is 2. The highest BCUT2D eigenvalue weighted by molar-refractivity contribution is 6.43. The van der Waals surface area contributed by atoms with Crippen LogP contribution in [0, 0.1) is 0 Å². The van der Waals surface area contributed by atoms with Gasteiger partial charge in [-0.3, -0.25) is 4.79 Å². The third-order valence-electron chi connectivity index (χ3n) is 4.96. The van der Waals surface area contributed by atoms with Crippen LogP contribution in [-0.4, -0.2) is 33.6 Å². The second-order valence-corrected chi connectivity index (χ2v) is 7.79. The molecule has 0 unspecified atom stereocenters. The van der Waals surface area contributed by atoms with Crippen molar-refractivity contribution in [3.63, 3.8) is 0 Å². The third-order valence-corrected chi connectivity index (χ3v) is 6.05. The van der Waals surface area contributed by atoms with Gasteiger partial charge in [0.05, 0.1) is 27.8 Å². The summed E-state index contributed by atoms with van der Waals surface area (Å²) in [5.41, 5.74) is 2.60. The summed E-state index contributed by atoms with van der Waals surface area (Å²) in [7, 11) is 0. The number of carbonyl (C=O) groups excluding carboxylic acids is 1. The zero-order chi connectivity index (χ0) is 20.8. The molecule has 150 valence electrons. The van der Waals surface area contributed by atoms with Crippen molar-refractivity contribution in [1.29, 1.82) is 0 Å². The van der Waals surface area contributed by atoms with Crippen molar-refractivity contribution in [3.05, 3.63) is 75.8 Å². The lowest BCUT2D eigenvalue weighted by molar-refractivity contribution is 0.0989. The van der Waals surface area contributed by atoms with E-state index in [-0.39, 0.29) is 22.5 Å². The molecule has 0 spiro atoms. The Bertz CT molecular complexity index is 1300. The number of carbonyl (C=O) groups is 1. The van der Waals surface area contributed by atoms with Crippen LogP contribution >= 0.6 is 34.8 Å². The normalized spacial score (nSPS) is 13.8. The first kappa shape index (κ1) is 19.2. The van der Waals surface area contributed by atoms with Gasteiger partial charge in [0, 0.05) is 17.3 Å². The molecule has 6 nitrogen and oxygen atoms in total. The predicted molar refractivity (Wildman–Crippen MR) is 118 cm³/mol. The molecule has 1 aliphatic heterocycles. The highest BCUT2D eigenvalue weighted by Gasteiger charge is 2.29. The van der Waals surface area contributed by atoms with Gasteiger partial charge in [-0.2, -0.15) is 0 Å². The smallest absolute Gasteiger partial charge is 0.267 e. The third kappa shape index (κ3) is 3.08. The first-order chi connectivity index (χ1) is 14.5. The number of anilines is 1. The average Bonchev–Trinajstić information content (AvgIpc) is 3.07. The van der Waals surface area contributed by atoms with Gasteiger partial charge in [-0.05, 0) is 36.4 Å². The Labute approximate surface area is 186 Å². The van der Waals surface area contributed by atoms with E-state index in [0.29, 0.717) is 23.2 Å². The lowest BCUT2D eigenvalue weighted by atomic mass is 10.2. The van der Waals surface area contributed by atoms with Crippen molar-refractivity contribution in [2.45, 2.75) is 0 Å². The summed E-state index contributed by atoms with van der Waals surface area (Å²) < 4.78 is 7.55. The molecule has 0 N–H and O–H groups in total. The van der Waals surface area contributed by atoms with Gasteiger partial charge in [-0.25, -0.2) is 9.97 Å². The van der Waals surface area contributed by atoms with Crippen LogP contribution < -0.4 is 9.64 Å². The molecule has 5 rings (SSSR count). The number of nitrogens with zero attached hydrogens (tertiary/aromatic N) is 4. The Hall–Kier alpha value is -2.80. The molecule has 1 aliphatic rings. The molecule has 0 aliphatic carbocycles. The number of aromatic nitrogens is 3. The molecule has 30 heavy (non-hydrogen) atoms. The first-order valence-electron chi connectivity index (χ1n) is 9.05. The molecule has 0 saturated heterocycles. The van der Waals surface area contributed by atoms with Crippen LogP contribution in [-0.2, 0) is 0 Å². The quantitative estimate of drug-likeness (QED) is 0.376. The highest BCUT2D eigenvalue weighted by atomic mass is 35.5. The highest BCUT2D eigenvalue weighted by Crippen LogP contribution is 2.34. The van der Waals surface area contributed by atoms with Gasteiger partial charge in [0.15, 0.2) is 0 Å². The summed E-state index contributed by atoms with van der Waals surface area (Å²) >= 11 is 18.7. The maximum atomic E-state index is 13.1. The van der Waals surface area contributed by atoms with Gasteiger partial charge < -0.3 is 14.2 Å². The molecule has 2 aromatic heterocycles. The predicted octanol–water partition coefficient (Wildman–Crippen LogP) is 5.42. The van der Waals surface area contributed by atoms with Crippen molar-refractivity contribution in [2.24, 2.45) is 0 Å². The zero-order valence-electron chi connectivity index (χ0n) is 15.3. The summed E-state index contributed by atoms with van der Waals surface area (Å²) in [6.07, 6.45) is 3.19. The van der Waals surface area contributed by atoms with Gasteiger partial charge in [0.25, 0.3) is 5.91 Å². The van der Waals surface area contributed by atoms with Crippen molar-refractivity contribution in [2.75, 3.05) is 18.1 Å². The van der Waals surface area contributed by atoms with E-state index in [1.807, 2.05) is 47.2 Å². The SMILES string of the molecule is O=C1c2c(Cl)ncnc2OCCN1c1ccc2c(ccn2-c2cccc(Cl)c2Cl)c1. The Morgan fingerprint density at radius 2 is 1.90 bits per heavy atom. The molecule has 0 bridgehead atoms. The van der Waals surface area contributed by atoms with E-state index in [2.05, 4.69) is 9.97 Å². The maximum absolute atomic E-state index is 13.1. The number of amides is 1. The first-order valence-corrected chi connectivity index (χ1v) is 10.2. The van der Waals surface area contributed by atoms with E-state index in [4.69, 9.17) is 39.5 Å². The Balaban J connectivity index is 1.57. The second-order valence-electron chi connectivity index (χ2n) is 6.65. The van der Waals surface area contributed by atoms with Crippen LogP contribution in [0.2, 0.25) is 15.2 Å². The average molecular weight is 460 g/mol. The van der Waals surface area contributed by atoms with Gasteiger partial charge in [-0.15, -0.1) is 0 Å². The molecule has 9 heteroatoms. The Kier molecular flexibility index (Phi) is 4.77. The lowest BCUT2D eigenvalue weighted by Gasteiger charge is -2.20. The topological polar surface area (TPSA) is 60.2 Å². The van der Waals surface area contributed by atoms with Crippen LogP contribution in [0.1, 0.15) is 10.4 Å². The molecule has 0 fully saturated rings. The summed E-state index contributed by atoms with van der Waals surface area (Å²) in [4.78, 5) is 22.7. The minimum absolute atomic E-state index is 0.0692. The lowest BCUT2D eigenvalue weighted by Crippen LogP contribution is -2.32. The molecule has 1 amide bonds. The molecule has 0 atom stereocenters. The fourth-order valence-corrected chi connectivity index (χ4v) is 4.13. The van der Waals surface area contributed by atoms with E-state index in [0.717, 1.165) is 22.3 Å². The minimum atomic E-state index is -0.301. The second kappa shape index (κ2) is 7.47. The molecule has 2 aromatic carbocycles. The van der Waals surface area contributed by atoms with Crippen molar-refractivity contribution in [1.82, 2.24) is 14.5 Å². The summed E-state index contributed by atoms with van der Waals surface area (Å²) in [6.45, 7) is 0.654. The molecular weight excluding hydrogens is 447 g/mol. The van der Waals surface area contributed by atoms with Crippen molar-refractivity contribution in [3.8, 4) is 11.6 Å². The van der Waals surface area contributed by atoms with Gasteiger partial charge in [-0.1, -0.05) is 40.9 Å². The van der Waals surface area contributed by atoms with Crippen LogP contribution in [0.4, 0.5) is 5.69 Å². The molecule has 0 radical (unpaired) electrons. The molecule has 0 saturated carbocycles. The number of halogens is 3. The van der Waals surface area contributed by atoms with Crippen LogP contribution in [0.3, 0.4) is 0 Å². The standard InChI is InChI=1S/C21H13Cl3N4O2/c22-14-2-1-3-16(18(14)23)28-7-6-12-10-13(4-5-15(12)28)27-8-9-30-20-17(21(27)29)19(24)25-11-26-20/h1-7,10-11H,8-9H2. The fraction of sp³-hybridized carbons (Fsp3) is 0.0952. The number of benzene rings is 2. The van der Waals surface area contributed by atoms with Crippen LogP contribution in [0.5, 0.6) is 5.88 Å². The number of hydrogen-bond acceptors (Lipinski definition) is 4. The minimum Gasteiger partial charge on any atom is -0.475 e. The van der Waals surface area contributed by atoms with E-state index in [9.17, 15) is 4.79 Å². The van der Waals surface area contributed by atoms with Gasteiger partial charge in [0.1, 0.15) is 23.7 Å². The molecular formula is C21H13Cl3N4O2. The van der Waals surface area contributed by atoms with Gasteiger partial charge >= 0.3 is 0 Å². The summed E-state index contributed by atoms with van der Waals surface area (Å²) in [5.74, 6) is -0.102. The number of ether oxygens (including phenoxy) is 1. The van der Waals surface area contributed by atoms with E-state index in [1.54, 1.807) is 11.0 Å². The van der Waals surface area contributed by atoms with Crippen LogP contribution in [0.25, 0.3) is 16.6 Å². The summed E-state index contributed by atoms with van der Waals surface area (Å²) in [6, 6.07) is 13.2.